The van der Waals surface area contributed by atoms with E-state index in [0.29, 0.717) is 29.7 Å². The summed E-state index contributed by atoms with van der Waals surface area (Å²) in [5.41, 5.74) is 1.64. The Labute approximate surface area is 329 Å². The third kappa shape index (κ3) is 6.46. The zero-order valence-electron chi connectivity index (χ0n) is 34.6. The van der Waals surface area contributed by atoms with Gasteiger partial charge in [0.15, 0.2) is 11.6 Å². The summed E-state index contributed by atoms with van der Waals surface area (Å²) in [5.74, 6) is 0.176. The summed E-state index contributed by atoms with van der Waals surface area (Å²) in [5, 5.41) is 10.3. The number of allylic oxidation sites excluding steroid dienone is 4. The van der Waals surface area contributed by atoms with Gasteiger partial charge in [-0.1, -0.05) is 91.3 Å². The summed E-state index contributed by atoms with van der Waals surface area (Å²) in [6.45, 7) is 21.7. The minimum atomic E-state index is -1.17. The average Bonchev–Trinajstić information content (AvgIpc) is 3.37. The molecular weight excluding hydrogens is 696 g/mol. The summed E-state index contributed by atoms with van der Waals surface area (Å²) < 4.78 is 6.17. The van der Waals surface area contributed by atoms with E-state index in [-0.39, 0.29) is 63.5 Å². The van der Waals surface area contributed by atoms with Crippen molar-refractivity contribution >= 4 is 35.1 Å². The smallest absolute Gasteiger partial charge is 0.309 e. The quantitative estimate of drug-likeness (QED) is 0.188. The van der Waals surface area contributed by atoms with Gasteiger partial charge in [-0.15, -0.1) is 0 Å². The van der Waals surface area contributed by atoms with Crippen LogP contribution >= 0.6 is 11.6 Å². The molecule has 4 saturated carbocycles. The number of ketones is 2. The molecule has 6 rings (SSSR count). The molecule has 1 aromatic carbocycles. The van der Waals surface area contributed by atoms with Gasteiger partial charge in [-0.2, -0.15) is 0 Å². The van der Waals surface area contributed by atoms with Crippen LogP contribution in [0.2, 0.25) is 5.02 Å². The Morgan fingerprint density at radius 1 is 0.926 bits per heavy atom. The van der Waals surface area contributed by atoms with E-state index in [1.807, 2.05) is 24.3 Å². The molecule has 9 atom stereocenters. The number of carboxylic acids is 1. The summed E-state index contributed by atoms with van der Waals surface area (Å²) in [7, 11) is 0. The van der Waals surface area contributed by atoms with Crippen molar-refractivity contribution in [2.75, 3.05) is 0 Å². The van der Waals surface area contributed by atoms with Crippen molar-refractivity contribution in [1.82, 2.24) is 0 Å². The first-order valence-corrected chi connectivity index (χ1v) is 21.1. The van der Waals surface area contributed by atoms with E-state index in [2.05, 4.69) is 61.5 Å². The molecule has 0 saturated heterocycles. The van der Waals surface area contributed by atoms with Crippen LogP contribution in [0.3, 0.4) is 0 Å². The van der Waals surface area contributed by atoms with E-state index >= 15 is 0 Å². The lowest BCUT2D eigenvalue weighted by Gasteiger charge is -2.72. The van der Waals surface area contributed by atoms with E-state index in [0.717, 1.165) is 62.5 Å². The van der Waals surface area contributed by atoms with Gasteiger partial charge in [0.1, 0.15) is 6.10 Å². The van der Waals surface area contributed by atoms with Crippen LogP contribution in [0.1, 0.15) is 151 Å². The van der Waals surface area contributed by atoms with Crippen LogP contribution < -0.4 is 0 Å². The van der Waals surface area contributed by atoms with Crippen LogP contribution in [-0.4, -0.2) is 34.7 Å². The molecule has 296 valence electrons. The van der Waals surface area contributed by atoms with E-state index in [1.54, 1.807) is 19.9 Å². The first kappa shape index (κ1) is 40.9. The number of hydrogen-bond acceptors (Lipinski definition) is 5. The van der Waals surface area contributed by atoms with Gasteiger partial charge < -0.3 is 9.84 Å². The normalized spacial score (nSPS) is 36.6. The van der Waals surface area contributed by atoms with Crippen molar-refractivity contribution in [3.05, 3.63) is 58.1 Å². The van der Waals surface area contributed by atoms with Crippen LogP contribution in [0, 0.1) is 56.2 Å². The minimum Gasteiger partial charge on any atom is -0.481 e. The number of fused-ring (bicyclic) bond motifs is 7. The van der Waals surface area contributed by atoms with Crippen molar-refractivity contribution in [2.45, 2.75) is 152 Å². The number of Topliss-reactive ketones (excluding diaryl/α,β-unsaturated/α-hetero) is 1. The lowest BCUT2D eigenvalue weighted by Crippen LogP contribution is -2.65. The second-order valence-electron chi connectivity index (χ2n) is 20.5. The van der Waals surface area contributed by atoms with Crippen LogP contribution in [0.25, 0.3) is 0 Å². The Kier molecular flexibility index (Phi) is 10.6. The molecule has 0 aromatic heterocycles. The highest BCUT2D eigenvalue weighted by atomic mass is 35.5. The van der Waals surface area contributed by atoms with E-state index in [4.69, 9.17) is 16.3 Å². The third-order valence-electron chi connectivity index (χ3n) is 16.4. The fourth-order valence-corrected chi connectivity index (χ4v) is 13.6. The molecule has 5 aliphatic rings. The SMILES string of the molecule is CC(C)C1=C2[C@H]3CC[C@@H]4[C@@]5(C)CC[C@H](OC(=O)CC(C)(C)C(=O)O)C(C)(C)[C@@H]5CC[C@@]4(C)[C@]3(C)CC[C@@]2(/C=C/C(=O)C[C@H](C)c2ccccc2Cl)CC1=O. The molecule has 6 nitrogen and oxygen atoms in total. The van der Waals surface area contributed by atoms with Gasteiger partial charge in [0.2, 0.25) is 0 Å². The van der Waals surface area contributed by atoms with Crippen molar-refractivity contribution in [3.63, 3.8) is 0 Å². The highest BCUT2D eigenvalue weighted by Gasteiger charge is 2.70. The number of benzene rings is 1. The lowest BCUT2D eigenvalue weighted by atomic mass is 9.33. The summed E-state index contributed by atoms with van der Waals surface area (Å²) >= 11 is 6.48. The highest BCUT2D eigenvalue weighted by molar-refractivity contribution is 6.31. The Morgan fingerprint density at radius 2 is 1.61 bits per heavy atom. The van der Waals surface area contributed by atoms with E-state index < -0.39 is 22.8 Å². The second kappa shape index (κ2) is 14.0. The van der Waals surface area contributed by atoms with Crippen molar-refractivity contribution in [2.24, 2.45) is 56.2 Å². The number of aliphatic carboxylic acids is 1. The molecule has 0 radical (unpaired) electrons. The number of rotatable bonds is 10. The molecule has 5 aliphatic carbocycles. The monoisotopic (exact) mass is 760 g/mol. The molecule has 7 heteroatoms. The maximum Gasteiger partial charge on any atom is 0.309 e. The van der Waals surface area contributed by atoms with Gasteiger partial charge >= 0.3 is 11.9 Å². The molecule has 0 amide bonds. The zero-order valence-corrected chi connectivity index (χ0v) is 35.3. The standard InChI is InChI=1S/C47H65ClO6/c1-28(2)39-34(50)26-47(22-17-30(49)25-29(3)31-13-11-12-14-33(31)48)24-23-45(9)32(40(39)47)15-16-36-44(8)20-19-37(54-38(51)27-42(4,5)41(52)53)43(6,7)35(44)18-21-46(36,45)10/h11-14,17,22,28-29,32,35-37H,15-16,18-21,23-27H2,1-10H3,(H,52,53)/b22-17+/t29-,32+,35-,36+,37-,44-,45+,46+,47-/m0/s1. The summed E-state index contributed by atoms with van der Waals surface area (Å²) in [6, 6.07) is 7.74. The van der Waals surface area contributed by atoms with Crippen LogP contribution in [-0.2, 0) is 23.9 Å². The number of ether oxygens (including phenoxy) is 1. The molecule has 0 heterocycles. The maximum atomic E-state index is 14.0. The number of hydrogen-bond donors (Lipinski definition) is 1. The summed E-state index contributed by atoms with van der Waals surface area (Å²) in [4.78, 5) is 52.5. The second-order valence-corrected chi connectivity index (χ2v) is 20.9. The van der Waals surface area contributed by atoms with Gasteiger partial charge in [0.05, 0.1) is 11.8 Å². The Hall–Kier alpha value is -2.73. The molecule has 0 unspecified atom stereocenters. The van der Waals surface area contributed by atoms with Crippen LogP contribution in [0.5, 0.6) is 0 Å². The number of carbonyl (C=O) groups is 4. The molecule has 0 spiro atoms. The molecular formula is C47H65ClO6. The van der Waals surface area contributed by atoms with Gasteiger partial charge in [-0.05, 0) is 140 Å². The van der Waals surface area contributed by atoms with Gasteiger partial charge in [0, 0.05) is 28.7 Å². The van der Waals surface area contributed by atoms with Crippen molar-refractivity contribution in [1.29, 1.82) is 0 Å². The molecule has 1 N–H and O–H groups in total. The average molecular weight is 761 g/mol. The zero-order chi connectivity index (χ0) is 39.8. The predicted molar refractivity (Wildman–Crippen MR) is 214 cm³/mol. The highest BCUT2D eigenvalue weighted by Crippen LogP contribution is 2.77. The van der Waals surface area contributed by atoms with Gasteiger partial charge in [-0.25, -0.2) is 0 Å². The topological polar surface area (TPSA) is 97.7 Å². The van der Waals surface area contributed by atoms with E-state index in [9.17, 15) is 24.3 Å². The molecule has 54 heavy (non-hydrogen) atoms. The third-order valence-corrected chi connectivity index (χ3v) is 16.7. The predicted octanol–water partition coefficient (Wildman–Crippen LogP) is 11.4. The number of esters is 1. The van der Waals surface area contributed by atoms with E-state index in [1.165, 1.54) is 5.57 Å². The lowest BCUT2D eigenvalue weighted by molar-refractivity contribution is -0.232. The number of carboxylic acid groups (broad SMARTS) is 1. The Morgan fingerprint density at radius 3 is 2.26 bits per heavy atom. The largest absolute Gasteiger partial charge is 0.481 e. The Bertz CT molecular complexity index is 1770. The fraction of sp³-hybridized carbons (Fsp3) is 0.702. The maximum absolute atomic E-state index is 14.0. The molecule has 4 fully saturated rings. The van der Waals surface area contributed by atoms with Crippen molar-refractivity contribution < 1.29 is 29.0 Å². The fourth-order valence-electron chi connectivity index (χ4n) is 13.3. The number of carbonyl (C=O) groups excluding carboxylic acids is 3. The van der Waals surface area contributed by atoms with Crippen LogP contribution in [0.4, 0.5) is 0 Å². The first-order chi connectivity index (χ1) is 25.0. The molecule has 1 aromatic rings. The molecule has 0 bridgehead atoms. The van der Waals surface area contributed by atoms with Crippen LogP contribution in [0.15, 0.2) is 47.6 Å². The first-order valence-electron chi connectivity index (χ1n) is 20.7. The van der Waals surface area contributed by atoms with Gasteiger partial charge in [-0.3, -0.25) is 19.2 Å². The summed E-state index contributed by atoms with van der Waals surface area (Å²) in [6.07, 6.45) is 12.3. The molecule has 0 aliphatic heterocycles. The Balaban J connectivity index is 1.27. The minimum absolute atomic E-state index is 0.000215. The number of halogens is 1. The van der Waals surface area contributed by atoms with Gasteiger partial charge in [0.25, 0.3) is 0 Å². The van der Waals surface area contributed by atoms with Crippen molar-refractivity contribution in [3.8, 4) is 0 Å².